The van der Waals surface area contributed by atoms with Crippen LogP contribution >= 0.6 is 23.2 Å². The number of likely N-dealkylation sites (N-methyl/N-ethyl adjacent to an activating group) is 1. The van der Waals surface area contributed by atoms with E-state index >= 15 is 0 Å². The van der Waals surface area contributed by atoms with E-state index in [9.17, 15) is 0 Å². The standard InChI is InChI=1S/C17H19Cl2NO/c1-3-21-14-7-5-13(6-8-14)17(20-2)11-12-4-9-15(18)16(19)10-12/h4-10,17,20H,3,11H2,1-2H3. The van der Waals surface area contributed by atoms with Crippen LogP contribution in [0.5, 0.6) is 5.75 Å². The Morgan fingerprint density at radius 3 is 2.33 bits per heavy atom. The lowest BCUT2D eigenvalue weighted by Gasteiger charge is -2.17. The molecule has 0 saturated heterocycles. The number of hydrogen-bond donors (Lipinski definition) is 1. The normalized spacial score (nSPS) is 12.2. The van der Waals surface area contributed by atoms with Crippen molar-refractivity contribution in [2.75, 3.05) is 13.7 Å². The number of benzene rings is 2. The first-order chi connectivity index (χ1) is 10.1. The Morgan fingerprint density at radius 1 is 1.05 bits per heavy atom. The summed E-state index contributed by atoms with van der Waals surface area (Å²) in [5, 5.41) is 4.51. The maximum Gasteiger partial charge on any atom is 0.119 e. The van der Waals surface area contributed by atoms with Crippen LogP contribution in [0.2, 0.25) is 10.0 Å². The average molecular weight is 324 g/mol. The van der Waals surface area contributed by atoms with Crippen molar-refractivity contribution in [3.63, 3.8) is 0 Å². The zero-order valence-electron chi connectivity index (χ0n) is 12.2. The molecule has 1 atom stereocenters. The molecule has 2 aromatic rings. The van der Waals surface area contributed by atoms with Crippen molar-refractivity contribution in [1.82, 2.24) is 5.32 Å². The third-order valence-corrected chi connectivity index (χ3v) is 4.10. The molecule has 0 spiro atoms. The van der Waals surface area contributed by atoms with E-state index in [1.54, 1.807) is 0 Å². The number of ether oxygens (including phenoxy) is 1. The summed E-state index contributed by atoms with van der Waals surface area (Å²) in [6.07, 6.45) is 0.849. The van der Waals surface area contributed by atoms with Crippen LogP contribution in [0, 0.1) is 0 Å². The Morgan fingerprint density at radius 2 is 1.76 bits per heavy atom. The lowest BCUT2D eigenvalue weighted by atomic mass is 9.99. The van der Waals surface area contributed by atoms with Crippen LogP contribution in [0.4, 0.5) is 0 Å². The minimum atomic E-state index is 0.220. The summed E-state index contributed by atoms with van der Waals surface area (Å²) < 4.78 is 5.47. The predicted octanol–water partition coefficient (Wildman–Crippen LogP) is 4.90. The van der Waals surface area contributed by atoms with Gasteiger partial charge in [0.1, 0.15) is 5.75 Å². The van der Waals surface area contributed by atoms with E-state index in [1.165, 1.54) is 5.56 Å². The van der Waals surface area contributed by atoms with E-state index < -0.39 is 0 Å². The molecule has 0 fully saturated rings. The lowest BCUT2D eigenvalue weighted by molar-refractivity contribution is 0.340. The number of hydrogen-bond acceptors (Lipinski definition) is 2. The summed E-state index contributed by atoms with van der Waals surface area (Å²) in [5.74, 6) is 0.894. The van der Waals surface area contributed by atoms with Gasteiger partial charge in [-0.3, -0.25) is 0 Å². The van der Waals surface area contributed by atoms with Gasteiger partial charge >= 0.3 is 0 Å². The zero-order valence-corrected chi connectivity index (χ0v) is 13.7. The summed E-state index contributed by atoms with van der Waals surface area (Å²) in [4.78, 5) is 0. The number of nitrogens with one attached hydrogen (secondary N) is 1. The van der Waals surface area contributed by atoms with Gasteiger partial charge in [-0.05, 0) is 55.8 Å². The van der Waals surface area contributed by atoms with Gasteiger partial charge in [0.05, 0.1) is 16.7 Å². The highest BCUT2D eigenvalue weighted by Gasteiger charge is 2.11. The van der Waals surface area contributed by atoms with Gasteiger partial charge in [0.2, 0.25) is 0 Å². The fourth-order valence-corrected chi connectivity index (χ4v) is 2.57. The lowest BCUT2D eigenvalue weighted by Crippen LogP contribution is -2.18. The highest BCUT2D eigenvalue weighted by Crippen LogP contribution is 2.26. The Bertz CT molecular complexity index is 584. The van der Waals surface area contributed by atoms with Crippen LogP contribution < -0.4 is 10.1 Å². The molecule has 0 radical (unpaired) electrons. The van der Waals surface area contributed by atoms with E-state index in [-0.39, 0.29) is 6.04 Å². The Hall–Kier alpha value is -1.22. The molecule has 0 bridgehead atoms. The van der Waals surface area contributed by atoms with Crippen LogP contribution in [0.15, 0.2) is 42.5 Å². The molecule has 0 aliphatic heterocycles. The third-order valence-electron chi connectivity index (χ3n) is 3.37. The summed E-state index contributed by atoms with van der Waals surface area (Å²) in [5.41, 5.74) is 2.37. The smallest absolute Gasteiger partial charge is 0.119 e. The maximum atomic E-state index is 6.07. The summed E-state index contributed by atoms with van der Waals surface area (Å²) in [7, 11) is 1.96. The summed E-state index contributed by atoms with van der Waals surface area (Å²) in [6.45, 7) is 2.66. The number of rotatable bonds is 6. The molecule has 0 saturated carbocycles. The first-order valence-electron chi connectivity index (χ1n) is 6.98. The Balaban J connectivity index is 2.13. The van der Waals surface area contributed by atoms with Crippen molar-refractivity contribution in [3.05, 3.63) is 63.6 Å². The zero-order chi connectivity index (χ0) is 15.2. The summed E-state index contributed by atoms with van der Waals surface area (Å²) >= 11 is 12.0. The second-order valence-electron chi connectivity index (χ2n) is 4.80. The van der Waals surface area contributed by atoms with Gasteiger partial charge in [0, 0.05) is 6.04 Å². The van der Waals surface area contributed by atoms with Gasteiger partial charge in [-0.15, -0.1) is 0 Å². The average Bonchev–Trinajstić information content (AvgIpc) is 2.50. The molecule has 0 aliphatic carbocycles. The molecule has 1 unspecified atom stereocenters. The van der Waals surface area contributed by atoms with Gasteiger partial charge in [0.15, 0.2) is 0 Å². The van der Waals surface area contributed by atoms with Crippen molar-refractivity contribution in [2.24, 2.45) is 0 Å². The molecule has 0 aromatic heterocycles. The molecule has 1 N–H and O–H groups in total. The molecule has 2 rings (SSSR count). The minimum absolute atomic E-state index is 0.220. The van der Waals surface area contributed by atoms with E-state index in [0.717, 1.165) is 17.7 Å². The van der Waals surface area contributed by atoms with E-state index in [1.807, 2.05) is 44.3 Å². The molecule has 0 amide bonds. The highest BCUT2D eigenvalue weighted by atomic mass is 35.5. The highest BCUT2D eigenvalue weighted by molar-refractivity contribution is 6.42. The maximum absolute atomic E-state index is 6.07. The third kappa shape index (κ3) is 4.37. The number of halogens is 2. The second kappa shape index (κ2) is 7.69. The second-order valence-corrected chi connectivity index (χ2v) is 5.61. The molecule has 4 heteroatoms. The Labute approximate surface area is 136 Å². The molecule has 2 nitrogen and oxygen atoms in total. The molecular formula is C17H19Cl2NO. The topological polar surface area (TPSA) is 21.3 Å². The van der Waals surface area contributed by atoms with Crippen LogP contribution in [0.1, 0.15) is 24.1 Å². The monoisotopic (exact) mass is 323 g/mol. The van der Waals surface area contributed by atoms with Gasteiger partial charge in [0.25, 0.3) is 0 Å². The van der Waals surface area contributed by atoms with Crippen LogP contribution in [0.3, 0.4) is 0 Å². The largest absolute Gasteiger partial charge is 0.494 e. The predicted molar refractivity (Wildman–Crippen MR) is 89.6 cm³/mol. The van der Waals surface area contributed by atoms with Crippen LogP contribution in [-0.4, -0.2) is 13.7 Å². The minimum Gasteiger partial charge on any atom is -0.494 e. The van der Waals surface area contributed by atoms with E-state index in [2.05, 4.69) is 17.4 Å². The van der Waals surface area contributed by atoms with Crippen molar-refractivity contribution in [1.29, 1.82) is 0 Å². The summed E-state index contributed by atoms with van der Waals surface area (Å²) in [6, 6.07) is 14.2. The van der Waals surface area contributed by atoms with Crippen LogP contribution in [-0.2, 0) is 6.42 Å². The van der Waals surface area contributed by atoms with Crippen molar-refractivity contribution in [2.45, 2.75) is 19.4 Å². The fraction of sp³-hybridized carbons (Fsp3) is 0.294. The molecule has 0 heterocycles. The van der Waals surface area contributed by atoms with Gasteiger partial charge in [-0.25, -0.2) is 0 Å². The van der Waals surface area contributed by atoms with E-state index in [4.69, 9.17) is 27.9 Å². The van der Waals surface area contributed by atoms with E-state index in [0.29, 0.717) is 16.7 Å². The van der Waals surface area contributed by atoms with Gasteiger partial charge in [-0.2, -0.15) is 0 Å². The van der Waals surface area contributed by atoms with Crippen LogP contribution in [0.25, 0.3) is 0 Å². The molecule has 112 valence electrons. The molecule has 0 aliphatic rings. The van der Waals surface area contributed by atoms with Crippen molar-refractivity contribution < 1.29 is 4.74 Å². The Kier molecular flexibility index (Phi) is 5.92. The van der Waals surface area contributed by atoms with Gasteiger partial charge < -0.3 is 10.1 Å². The SMILES string of the molecule is CCOc1ccc(C(Cc2ccc(Cl)c(Cl)c2)NC)cc1. The first kappa shape index (κ1) is 16.2. The van der Waals surface area contributed by atoms with Crippen molar-refractivity contribution in [3.8, 4) is 5.75 Å². The quantitative estimate of drug-likeness (QED) is 0.816. The fourth-order valence-electron chi connectivity index (χ4n) is 2.25. The molecule has 2 aromatic carbocycles. The first-order valence-corrected chi connectivity index (χ1v) is 7.73. The molecule has 21 heavy (non-hydrogen) atoms. The molecular weight excluding hydrogens is 305 g/mol. The van der Waals surface area contributed by atoms with Crippen molar-refractivity contribution >= 4 is 23.2 Å². The van der Waals surface area contributed by atoms with Gasteiger partial charge in [-0.1, -0.05) is 41.4 Å².